The predicted octanol–water partition coefficient (Wildman–Crippen LogP) is 4.04. The topological polar surface area (TPSA) is 91.8 Å². The number of thioether (sulfide) groups is 1. The lowest BCUT2D eigenvalue weighted by atomic mass is 10.1. The summed E-state index contributed by atoms with van der Waals surface area (Å²) < 4.78 is 5.65. The van der Waals surface area contributed by atoms with Gasteiger partial charge in [-0.3, -0.25) is 4.79 Å². The van der Waals surface area contributed by atoms with E-state index in [-0.39, 0.29) is 5.91 Å². The van der Waals surface area contributed by atoms with Crippen molar-refractivity contribution in [2.75, 3.05) is 5.32 Å². The first kappa shape index (κ1) is 17.7. The number of nitriles is 1. The number of hydrogen-bond donors (Lipinski definition) is 1. The van der Waals surface area contributed by atoms with Gasteiger partial charge in [0.2, 0.25) is 11.8 Å². The molecule has 0 aliphatic heterocycles. The zero-order valence-corrected chi connectivity index (χ0v) is 15.1. The van der Waals surface area contributed by atoms with Gasteiger partial charge in [0, 0.05) is 11.3 Å². The number of nitrogens with one attached hydrogen (secondary N) is 1. The van der Waals surface area contributed by atoms with Crippen molar-refractivity contribution < 1.29 is 9.21 Å². The summed E-state index contributed by atoms with van der Waals surface area (Å²) in [6.07, 6.45) is 0. The summed E-state index contributed by atoms with van der Waals surface area (Å²) in [4.78, 5) is 12.3. The molecule has 1 N–H and O–H groups in total. The van der Waals surface area contributed by atoms with E-state index < -0.39 is 5.25 Å². The molecule has 0 aliphatic carbocycles. The molecule has 0 fully saturated rings. The second-order valence-corrected chi connectivity index (χ2v) is 6.98. The number of rotatable bonds is 5. The molecule has 0 aliphatic rings. The quantitative estimate of drug-likeness (QED) is 0.687. The molecular weight excluding hydrogens is 348 g/mol. The van der Waals surface area contributed by atoms with Gasteiger partial charge in [0.05, 0.1) is 16.9 Å². The van der Waals surface area contributed by atoms with Gasteiger partial charge in [-0.15, -0.1) is 10.2 Å². The molecule has 0 radical (unpaired) electrons. The fourth-order valence-corrected chi connectivity index (χ4v) is 2.95. The van der Waals surface area contributed by atoms with E-state index in [0.717, 1.165) is 11.1 Å². The van der Waals surface area contributed by atoms with Gasteiger partial charge in [0.25, 0.3) is 5.22 Å². The van der Waals surface area contributed by atoms with Crippen LogP contribution in [0.4, 0.5) is 5.69 Å². The van der Waals surface area contributed by atoms with Crippen molar-refractivity contribution in [1.29, 1.82) is 5.26 Å². The molecule has 1 heterocycles. The van der Waals surface area contributed by atoms with Crippen LogP contribution in [0.3, 0.4) is 0 Å². The van der Waals surface area contributed by atoms with E-state index in [0.29, 0.717) is 22.4 Å². The number of hydrogen-bond acceptors (Lipinski definition) is 6. The Balaban J connectivity index is 1.65. The Hall–Kier alpha value is -3.11. The third-order valence-electron chi connectivity index (χ3n) is 3.58. The lowest BCUT2D eigenvalue weighted by Gasteiger charge is -2.09. The Kier molecular flexibility index (Phi) is 5.34. The lowest BCUT2D eigenvalue weighted by Crippen LogP contribution is -2.22. The number of benzene rings is 2. The van der Waals surface area contributed by atoms with Crippen molar-refractivity contribution in [2.24, 2.45) is 0 Å². The summed E-state index contributed by atoms with van der Waals surface area (Å²) in [5.41, 5.74) is 3.01. The molecule has 2 aromatic carbocycles. The second kappa shape index (κ2) is 7.85. The highest BCUT2D eigenvalue weighted by atomic mass is 32.2. The van der Waals surface area contributed by atoms with E-state index in [1.807, 2.05) is 37.3 Å². The summed E-state index contributed by atoms with van der Waals surface area (Å²) in [5.74, 6) is 0.214. The summed E-state index contributed by atoms with van der Waals surface area (Å²) in [5, 5.41) is 19.6. The van der Waals surface area contributed by atoms with Crippen LogP contribution in [0.5, 0.6) is 0 Å². The van der Waals surface area contributed by atoms with Crippen molar-refractivity contribution in [3.63, 3.8) is 0 Å². The number of aromatic nitrogens is 2. The van der Waals surface area contributed by atoms with Gasteiger partial charge in [-0.2, -0.15) is 5.26 Å². The van der Waals surface area contributed by atoms with Crippen molar-refractivity contribution in [2.45, 2.75) is 24.3 Å². The molecule has 6 nitrogen and oxygen atoms in total. The number of nitrogens with zero attached hydrogens (tertiary/aromatic N) is 3. The average Bonchev–Trinajstić information content (AvgIpc) is 3.10. The number of carbonyl (C=O) groups excluding carboxylic acids is 1. The van der Waals surface area contributed by atoms with Crippen LogP contribution in [0.1, 0.15) is 18.1 Å². The number of aryl methyl sites for hydroxylation is 1. The first-order chi connectivity index (χ1) is 12.5. The molecule has 3 rings (SSSR count). The van der Waals surface area contributed by atoms with Crippen LogP contribution in [0.2, 0.25) is 0 Å². The maximum absolute atomic E-state index is 12.3. The fraction of sp³-hybridized carbons (Fsp3) is 0.158. The Morgan fingerprint density at radius 1 is 1.23 bits per heavy atom. The number of anilines is 1. The minimum Gasteiger partial charge on any atom is -0.411 e. The Bertz CT molecular complexity index is 977. The van der Waals surface area contributed by atoms with Crippen molar-refractivity contribution in [3.05, 3.63) is 59.7 Å². The summed E-state index contributed by atoms with van der Waals surface area (Å²) in [7, 11) is 0. The highest BCUT2D eigenvalue weighted by Gasteiger charge is 2.19. The van der Waals surface area contributed by atoms with Gasteiger partial charge in [0.15, 0.2) is 0 Å². The number of amides is 1. The molecule has 0 saturated carbocycles. The van der Waals surface area contributed by atoms with Crippen LogP contribution in [-0.4, -0.2) is 21.4 Å². The normalized spacial score (nSPS) is 11.6. The first-order valence-electron chi connectivity index (χ1n) is 7.93. The van der Waals surface area contributed by atoms with E-state index in [4.69, 9.17) is 9.68 Å². The zero-order valence-electron chi connectivity index (χ0n) is 14.3. The minimum absolute atomic E-state index is 0.208. The SMILES string of the molecule is Cc1cccc(-c2nnc(S[C@@H](C)C(=O)Nc3cccc(C#N)c3)o2)c1. The molecule has 0 spiro atoms. The predicted molar refractivity (Wildman–Crippen MR) is 99.6 cm³/mol. The summed E-state index contributed by atoms with van der Waals surface area (Å²) in [6.45, 7) is 3.74. The Morgan fingerprint density at radius 2 is 2.04 bits per heavy atom. The molecule has 7 heteroatoms. The van der Waals surface area contributed by atoms with Gasteiger partial charge in [-0.25, -0.2) is 0 Å². The Labute approximate surface area is 155 Å². The molecule has 130 valence electrons. The molecule has 3 aromatic rings. The standard InChI is InChI=1S/C19H16N4O2S/c1-12-5-3-7-15(9-12)18-22-23-19(25-18)26-13(2)17(24)21-16-8-4-6-14(10-16)11-20/h3-10,13H,1-2H3,(H,21,24)/t13-/m0/s1. The summed E-state index contributed by atoms with van der Waals surface area (Å²) in [6, 6.07) is 16.6. The largest absolute Gasteiger partial charge is 0.411 e. The molecular formula is C19H16N4O2S. The third kappa shape index (κ3) is 4.29. The van der Waals surface area contributed by atoms with Crippen LogP contribution < -0.4 is 5.32 Å². The molecule has 0 bridgehead atoms. The monoisotopic (exact) mass is 364 g/mol. The highest BCUT2D eigenvalue weighted by Crippen LogP contribution is 2.27. The molecule has 0 saturated heterocycles. The van der Waals surface area contributed by atoms with Crippen LogP contribution in [0.25, 0.3) is 11.5 Å². The lowest BCUT2D eigenvalue weighted by molar-refractivity contribution is -0.115. The zero-order chi connectivity index (χ0) is 18.5. The highest BCUT2D eigenvalue weighted by molar-refractivity contribution is 8.00. The van der Waals surface area contributed by atoms with Gasteiger partial charge in [0.1, 0.15) is 0 Å². The molecule has 1 amide bonds. The smallest absolute Gasteiger partial charge is 0.277 e. The van der Waals surface area contributed by atoms with Crippen LogP contribution >= 0.6 is 11.8 Å². The maximum atomic E-state index is 12.3. The molecule has 1 atom stereocenters. The summed E-state index contributed by atoms with van der Waals surface area (Å²) >= 11 is 1.18. The number of carbonyl (C=O) groups is 1. The molecule has 1 aromatic heterocycles. The van der Waals surface area contributed by atoms with Gasteiger partial charge in [-0.05, 0) is 44.2 Å². The first-order valence-corrected chi connectivity index (χ1v) is 8.81. The average molecular weight is 364 g/mol. The second-order valence-electron chi connectivity index (χ2n) is 5.68. The third-order valence-corrected chi connectivity index (χ3v) is 4.51. The maximum Gasteiger partial charge on any atom is 0.277 e. The van der Waals surface area contributed by atoms with E-state index in [1.54, 1.807) is 31.2 Å². The van der Waals surface area contributed by atoms with Gasteiger partial charge >= 0.3 is 0 Å². The van der Waals surface area contributed by atoms with Crippen molar-refractivity contribution >= 4 is 23.4 Å². The van der Waals surface area contributed by atoms with E-state index in [2.05, 4.69) is 15.5 Å². The van der Waals surface area contributed by atoms with Crippen LogP contribution in [-0.2, 0) is 4.79 Å². The van der Waals surface area contributed by atoms with E-state index in [9.17, 15) is 4.79 Å². The van der Waals surface area contributed by atoms with Gasteiger partial charge in [-0.1, -0.05) is 35.5 Å². The van der Waals surface area contributed by atoms with Crippen LogP contribution in [0.15, 0.2) is 58.2 Å². The van der Waals surface area contributed by atoms with Crippen molar-refractivity contribution in [1.82, 2.24) is 10.2 Å². The molecule has 26 heavy (non-hydrogen) atoms. The van der Waals surface area contributed by atoms with E-state index >= 15 is 0 Å². The fourth-order valence-electron chi connectivity index (χ4n) is 2.27. The van der Waals surface area contributed by atoms with Crippen molar-refractivity contribution in [3.8, 4) is 17.5 Å². The Morgan fingerprint density at radius 3 is 2.81 bits per heavy atom. The van der Waals surface area contributed by atoms with Gasteiger partial charge < -0.3 is 9.73 Å². The minimum atomic E-state index is -0.438. The van der Waals surface area contributed by atoms with E-state index in [1.165, 1.54) is 11.8 Å². The van der Waals surface area contributed by atoms with Crippen LogP contribution in [0, 0.1) is 18.3 Å². The molecule has 0 unspecified atom stereocenters.